The maximum atomic E-state index is 9.16. The molecule has 0 aliphatic heterocycles. The quantitative estimate of drug-likeness (QED) is 0.262. The summed E-state index contributed by atoms with van der Waals surface area (Å²) in [6.45, 7) is 0.216. The number of nitrogens with zero attached hydrogens (tertiary/aromatic N) is 1. The fourth-order valence-corrected chi connectivity index (χ4v) is 4.66. The maximum Gasteiger partial charge on any atom is 0.279 e. The van der Waals surface area contributed by atoms with Crippen LogP contribution in [0.4, 0.5) is 0 Å². The smallest absolute Gasteiger partial charge is 0.279 e. The number of phenolic OH excluding ortho intramolecular Hbond substituents is 1. The number of aliphatic hydroxyl groups is 2. The summed E-state index contributed by atoms with van der Waals surface area (Å²) in [4.78, 5) is 4.46. The lowest BCUT2D eigenvalue weighted by atomic mass is 10.1. The van der Waals surface area contributed by atoms with Crippen molar-refractivity contribution in [3.05, 3.63) is 84.3 Å². The lowest BCUT2D eigenvalue weighted by Gasteiger charge is -2.01. The van der Waals surface area contributed by atoms with Crippen LogP contribution >= 0.6 is 11.3 Å². The predicted molar refractivity (Wildman–Crippen MR) is 135 cm³/mol. The fourth-order valence-electron chi connectivity index (χ4n) is 3.82. The molecule has 0 aliphatic rings. The van der Waals surface area contributed by atoms with E-state index in [-0.39, 0.29) is 19.0 Å². The van der Waals surface area contributed by atoms with Gasteiger partial charge in [-0.15, -0.1) is 0 Å². The minimum Gasteiger partial charge on any atom is -0.508 e. The lowest BCUT2D eigenvalue weighted by Crippen LogP contribution is -1.88. The van der Waals surface area contributed by atoms with Crippen molar-refractivity contribution in [2.75, 3.05) is 13.2 Å². The average molecular weight is 490 g/mol. The van der Waals surface area contributed by atoms with Gasteiger partial charge < -0.3 is 28.9 Å². The molecule has 35 heavy (non-hydrogen) atoms. The van der Waals surface area contributed by atoms with Crippen LogP contribution in [0.25, 0.3) is 32.2 Å². The molecule has 0 aliphatic carbocycles. The van der Waals surface area contributed by atoms with E-state index in [0.29, 0.717) is 29.4 Å². The van der Waals surface area contributed by atoms with E-state index < -0.39 is 0 Å². The van der Waals surface area contributed by atoms with E-state index in [9.17, 15) is 0 Å². The highest BCUT2D eigenvalue weighted by Crippen LogP contribution is 2.33. The second-order valence-corrected chi connectivity index (χ2v) is 8.85. The van der Waals surface area contributed by atoms with E-state index in [1.165, 1.54) is 11.3 Å². The number of furan rings is 2. The summed E-state index contributed by atoms with van der Waals surface area (Å²) >= 11 is 1.51. The van der Waals surface area contributed by atoms with Gasteiger partial charge in [-0.05, 0) is 49.2 Å². The van der Waals surface area contributed by atoms with Crippen LogP contribution in [0, 0.1) is 0 Å². The standard InChI is InChI=1S/C17H13NO3S.C10H10O3/c19-8-7-11-10-20-15-9-12(5-6-13(11)15)21-17-18-14-3-1-2-4-16(14)22-17;11-4-3-7-6-13-10-5-8(12)1-2-9(7)10/h1-6,9-10,19H,7-8H2;1-2,5-6,11-12H,3-4H2. The SMILES string of the molecule is OCCc1coc2cc(O)ccc12.OCCc1coc2cc(Oc3nc4ccccc4s3)ccc12. The summed E-state index contributed by atoms with van der Waals surface area (Å²) < 4.78 is 17.7. The molecule has 8 heteroatoms. The number of benzene rings is 3. The molecule has 0 fully saturated rings. The van der Waals surface area contributed by atoms with E-state index >= 15 is 0 Å². The molecule has 0 bridgehead atoms. The Balaban J connectivity index is 0.000000166. The average Bonchev–Trinajstić information content (AvgIpc) is 3.57. The van der Waals surface area contributed by atoms with Crippen molar-refractivity contribution in [1.82, 2.24) is 4.98 Å². The molecular formula is C27H23NO6S. The van der Waals surface area contributed by atoms with Crippen LogP contribution in [-0.2, 0) is 12.8 Å². The Hall–Kier alpha value is -3.85. The third kappa shape index (κ3) is 5.00. The van der Waals surface area contributed by atoms with Gasteiger partial charge in [-0.25, -0.2) is 4.98 Å². The highest BCUT2D eigenvalue weighted by atomic mass is 32.1. The summed E-state index contributed by atoms with van der Waals surface area (Å²) in [5.74, 6) is 0.883. The summed E-state index contributed by atoms with van der Waals surface area (Å²) in [6.07, 6.45) is 4.46. The van der Waals surface area contributed by atoms with E-state index in [1.807, 2.05) is 42.5 Å². The molecule has 178 valence electrons. The summed E-state index contributed by atoms with van der Waals surface area (Å²) in [5.41, 5.74) is 4.32. The number of aromatic nitrogens is 1. The van der Waals surface area contributed by atoms with E-state index in [2.05, 4.69) is 4.98 Å². The van der Waals surface area contributed by atoms with E-state index in [4.69, 9.17) is 28.9 Å². The Labute approximate surface area is 204 Å². The van der Waals surface area contributed by atoms with Crippen LogP contribution in [0.3, 0.4) is 0 Å². The van der Waals surface area contributed by atoms with Gasteiger partial charge in [0.25, 0.3) is 5.19 Å². The topological polar surface area (TPSA) is 109 Å². The molecule has 3 N–H and O–H groups in total. The van der Waals surface area contributed by atoms with Gasteiger partial charge in [-0.2, -0.15) is 0 Å². The zero-order valence-corrected chi connectivity index (χ0v) is 19.5. The minimum absolute atomic E-state index is 0.107. The fraction of sp³-hybridized carbons (Fsp3) is 0.148. The second kappa shape index (κ2) is 10.2. The van der Waals surface area contributed by atoms with Gasteiger partial charge in [0.1, 0.15) is 22.7 Å². The Bertz CT molecular complexity index is 1550. The Kier molecular flexibility index (Phi) is 6.67. The van der Waals surface area contributed by atoms with Crippen molar-refractivity contribution >= 4 is 43.5 Å². The van der Waals surface area contributed by atoms with Crippen LogP contribution in [0.2, 0.25) is 0 Å². The van der Waals surface area contributed by atoms with Crippen LogP contribution in [-0.4, -0.2) is 33.5 Å². The number of aliphatic hydroxyl groups excluding tert-OH is 2. The van der Waals surface area contributed by atoms with Crippen molar-refractivity contribution in [3.63, 3.8) is 0 Å². The molecule has 7 nitrogen and oxygen atoms in total. The monoisotopic (exact) mass is 489 g/mol. The summed E-state index contributed by atoms with van der Waals surface area (Å²) in [7, 11) is 0. The third-order valence-corrected chi connectivity index (χ3v) is 6.42. The van der Waals surface area contributed by atoms with Crippen LogP contribution in [0.1, 0.15) is 11.1 Å². The Morgan fingerprint density at radius 2 is 1.46 bits per heavy atom. The number of para-hydroxylation sites is 1. The number of phenols is 1. The van der Waals surface area contributed by atoms with Crippen LogP contribution < -0.4 is 4.74 Å². The molecule has 3 aromatic heterocycles. The molecule has 0 unspecified atom stereocenters. The molecule has 0 amide bonds. The van der Waals surface area contributed by atoms with Crippen molar-refractivity contribution < 1.29 is 28.9 Å². The highest BCUT2D eigenvalue weighted by Gasteiger charge is 2.10. The minimum atomic E-state index is 0.107. The van der Waals surface area contributed by atoms with Gasteiger partial charge in [0.2, 0.25) is 0 Å². The number of rotatable bonds is 6. The van der Waals surface area contributed by atoms with Crippen molar-refractivity contribution in [2.24, 2.45) is 0 Å². The second-order valence-electron chi connectivity index (χ2n) is 7.86. The first-order valence-electron chi connectivity index (χ1n) is 11.1. The summed E-state index contributed by atoms with van der Waals surface area (Å²) in [6, 6.07) is 18.6. The first kappa shape index (κ1) is 22.9. The summed E-state index contributed by atoms with van der Waals surface area (Å²) in [5, 5.41) is 29.5. The Morgan fingerprint density at radius 1 is 0.800 bits per heavy atom. The molecule has 0 atom stereocenters. The largest absolute Gasteiger partial charge is 0.508 e. The Morgan fingerprint density at radius 3 is 2.14 bits per heavy atom. The number of aromatic hydroxyl groups is 1. The van der Waals surface area contributed by atoms with Crippen molar-refractivity contribution in [1.29, 1.82) is 0 Å². The van der Waals surface area contributed by atoms with Crippen molar-refractivity contribution in [2.45, 2.75) is 12.8 Å². The molecular weight excluding hydrogens is 466 g/mol. The zero-order chi connectivity index (χ0) is 24.2. The van der Waals surface area contributed by atoms with E-state index in [0.717, 1.165) is 37.7 Å². The third-order valence-electron chi connectivity index (χ3n) is 5.51. The number of hydrogen-bond donors (Lipinski definition) is 3. The van der Waals surface area contributed by atoms with Gasteiger partial charge in [0.15, 0.2) is 0 Å². The number of hydrogen-bond acceptors (Lipinski definition) is 8. The van der Waals surface area contributed by atoms with Gasteiger partial charge in [0, 0.05) is 47.2 Å². The molecule has 6 aromatic rings. The van der Waals surface area contributed by atoms with Gasteiger partial charge in [-0.3, -0.25) is 0 Å². The molecule has 6 rings (SSSR count). The normalized spacial score (nSPS) is 11.1. The number of fused-ring (bicyclic) bond motifs is 3. The van der Waals surface area contributed by atoms with E-state index in [1.54, 1.807) is 30.7 Å². The van der Waals surface area contributed by atoms with Crippen molar-refractivity contribution in [3.8, 4) is 16.7 Å². The molecule has 0 spiro atoms. The lowest BCUT2D eigenvalue weighted by molar-refractivity contribution is 0.299. The molecule has 0 saturated heterocycles. The first-order chi connectivity index (χ1) is 17.1. The number of thiazole rings is 1. The molecule has 3 aromatic carbocycles. The zero-order valence-electron chi connectivity index (χ0n) is 18.7. The van der Waals surface area contributed by atoms with Gasteiger partial charge >= 0.3 is 0 Å². The number of ether oxygens (including phenoxy) is 1. The highest BCUT2D eigenvalue weighted by molar-refractivity contribution is 7.20. The van der Waals surface area contributed by atoms with Gasteiger partial charge in [0.05, 0.1) is 22.7 Å². The molecule has 0 saturated carbocycles. The van der Waals surface area contributed by atoms with Crippen LogP contribution in [0.5, 0.6) is 16.7 Å². The first-order valence-corrected chi connectivity index (χ1v) is 11.9. The maximum absolute atomic E-state index is 9.16. The molecule has 3 heterocycles. The molecule has 0 radical (unpaired) electrons. The predicted octanol–water partition coefficient (Wildman–Crippen LogP) is 6.04. The van der Waals surface area contributed by atoms with Crippen LogP contribution in [0.15, 0.2) is 82.0 Å². The van der Waals surface area contributed by atoms with Gasteiger partial charge in [-0.1, -0.05) is 23.5 Å².